The normalized spacial score (nSPS) is 20.8. The molecule has 136 valence electrons. The van der Waals surface area contributed by atoms with E-state index in [0.717, 1.165) is 31.5 Å². The fourth-order valence-corrected chi connectivity index (χ4v) is 3.25. The van der Waals surface area contributed by atoms with E-state index in [2.05, 4.69) is 10.2 Å². The average molecular weight is 347 g/mol. The molecule has 1 aromatic carbocycles. The van der Waals surface area contributed by atoms with Crippen molar-refractivity contribution in [3.05, 3.63) is 35.6 Å². The van der Waals surface area contributed by atoms with Crippen molar-refractivity contribution in [1.29, 1.82) is 0 Å². The van der Waals surface area contributed by atoms with E-state index in [1.165, 1.54) is 12.1 Å². The third-order valence-electron chi connectivity index (χ3n) is 5.21. The highest BCUT2D eigenvalue weighted by atomic mass is 19.1. The van der Waals surface area contributed by atoms with E-state index in [4.69, 9.17) is 0 Å². The van der Waals surface area contributed by atoms with Crippen molar-refractivity contribution in [3.63, 3.8) is 0 Å². The Kier molecular flexibility index (Phi) is 5.37. The molecular formula is C19H26FN3O2. The Labute approximate surface area is 148 Å². The summed E-state index contributed by atoms with van der Waals surface area (Å²) in [6.45, 7) is 6.62. The molecule has 2 amide bonds. The third-order valence-corrected chi connectivity index (χ3v) is 5.21. The fraction of sp³-hybridized carbons (Fsp3) is 0.579. The fourth-order valence-electron chi connectivity index (χ4n) is 3.25. The van der Waals surface area contributed by atoms with Gasteiger partial charge < -0.3 is 10.2 Å². The maximum Gasteiger partial charge on any atom is 0.237 e. The van der Waals surface area contributed by atoms with Crippen LogP contribution >= 0.6 is 0 Å². The van der Waals surface area contributed by atoms with Crippen LogP contribution < -0.4 is 5.32 Å². The minimum Gasteiger partial charge on any atom is -0.348 e. The summed E-state index contributed by atoms with van der Waals surface area (Å²) in [7, 11) is 0. The Morgan fingerprint density at radius 1 is 1.08 bits per heavy atom. The van der Waals surface area contributed by atoms with E-state index in [1.54, 1.807) is 12.1 Å². The van der Waals surface area contributed by atoms with Gasteiger partial charge in [-0.25, -0.2) is 4.39 Å². The summed E-state index contributed by atoms with van der Waals surface area (Å²) in [6, 6.07) is 5.75. The number of halogens is 1. The zero-order valence-electron chi connectivity index (χ0n) is 14.9. The summed E-state index contributed by atoms with van der Waals surface area (Å²) >= 11 is 0. The first-order valence-electron chi connectivity index (χ1n) is 9.04. The Balaban J connectivity index is 1.49. The molecule has 1 N–H and O–H groups in total. The summed E-state index contributed by atoms with van der Waals surface area (Å²) in [5.41, 5.74) is 0.877. The quantitative estimate of drug-likeness (QED) is 0.886. The smallest absolute Gasteiger partial charge is 0.237 e. The van der Waals surface area contributed by atoms with Gasteiger partial charge in [0.15, 0.2) is 0 Å². The van der Waals surface area contributed by atoms with Crippen LogP contribution in [0, 0.1) is 11.7 Å². The first kappa shape index (κ1) is 17.9. The molecule has 1 heterocycles. The number of nitrogens with zero attached hydrogens (tertiary/aromatic N) is 2. The summed E-state index contributed by atoms with van der Waals surface area (Å²) in [6.07, 6.45) is 2.05. The van der Waals surface area contributed by atoms with Gasteiger partial charge in [-0.15, -0.1) is 0 Å². The molecule has 2 atom stereocenters. The van der Waals surface area contributed by atoms with Crippen molar-refractivity contribution in [1.82, 2.24) is 15.1 Å². The molecule has 0 bridgehead atoms. The number of rotatable bonds is 5. The van der Waals surface area contributed by atoms with Gasteiger partial charge >= 0.3 is 0 Å². The van der Waals surface area contributed by atoms with E-state index < -0.39 is 0 Å². The van der Waals surface area contributed by atoms with Crippen LogP contribution in [0.25, 0.3) is 0 Å². The second-order valence-electron chi connectivity index (χ2n) is 7.09. The van der Waals surface area contributed by atoms with E-state index in [1.807, 2.05) is 18.7 Å². The number of carbonyl (C=O) groups excluding carboxylic acids is 2. The zero-order chi connectivity index (χ0) is 18.0. The van der Waals surface area contributed by atoms with Crippen molar-refractivity contribution in [2.75, 3.05) is 26.2 Å². The Morgan fingerprint density at radius 2 is 1.68 bits per heavy atom. The molecule has 2 aliphatic rings. The highest BCUT2D eigenvalue weighted by Crippen LogP contribution is 2.31. The SMILES string of the molecule is C[C@H](NC(=O)[C@H](C)N1CCN(C(=O)C2CC2)CC1)c1ccc(F)cc1. The molecule has 5 nitrogen and oxygen atoms in total. The van der Waals surface area contributed by atoms with Gasteiger partial charge in [0.1, 0.15) is 5.82 Å². The van der Waals surface area contributed by atoms with Gasteiger partial charge in [0.05, 0.1) is 12.1 Å². The monoisotopic (exact) mass is 347 g/mol. The van der Waals surface area contributed by atoms with Crippen molar-refractivity contribution < 1.29 is 14.0 Å². The van der Waals surface area contributed by atoms with Crippen LogP contribution in [0.2, 0.25) is 0 Å². The van der Waals surface area contributed by atoms with Gasteiger partial charge in [-0.1, -0.05) is 12.1 Å². The molecule has 25 heavy (non-hydrogen) atoms. The number of hydrogen-bond acceptors (Lipinski definition) is 3. The van der Waals surface area contributed by atoms with Crippen molar-refractivity contribution in [3.8, 4) is 0 Å². The van der Waals surface area contributed by atoms with Gasteiger partial charge in [-0.2, -0.15) is 0 Å². The van der Waals surface area contributed by atoms with Gasteiger partial charge in [0.25, 0.3) is 0 Å². The first-order chi connectivity index (χ1) is 12.0. The topological polar surface area (TPSA) is 52.7 Å². The second kappa shape index (κ2) is 7.52. The van der Waals surface area contributed by atoms with Crippen LogP contribution in [0.5, 0.6) is 0 Å². The standard InChI is InChI=1S/C19H26FN3O2/c1-13(15-5-7-17(20)8-6-15)21-18(24)14(2)22-9-11-23(12-10-22)19(25)16-3-4-16/h5-8,13-14,16H,3-4,9-12H2,1-2H3,(H,21,24)/t13-,14-/m0/s1. The Morgan fingerprint density at radius 3 is 2.24 bits per heavy atom. The highest BCUT2D eigenvalue weighted by molar-refractivity contribution is 5.82. The van der Waals surface area contributed by atoms with Crippen LogP contribution in [0.4, 0.5) is 4.39 Å². The molecule has 0 aromatic heterocycles. The van der Waals surface area contributed by atoms with Crippen LogP contribution in [-0.4, -0.2) is 53.8 Å². The number of piperazine rings is 1. The van der Waals surface area contributed by atoms with Crippen LogP contribution in [0.3, 0.4) is 0 Å². The minimum absolute atomic E-state index is 0.0428. The molecule has 1 aromatic rings. The van der Waals surface area contributed by atoms with Crippen LogP contribution in [0.15, 0.2) is 24.3 Å². The minimum atomic E-state index is -0.283. The summed E-state index contributed by atoms with van der Waals surface area (Å²) < 4.78 is 13.0. The lowest BCUT2D eigenvalue weighted by molar-refractivity contribution is -0.135. The predicted molar refractivity (Wildman–Crippen MR) is 93.3 cm³/mol. The number of nitrogens with one attached hydrogen (secondary N) is 1. The van der Waals surface area contributed by atoms with Crippen molar-refractivity contribution in [2.45, 2.75) is 38.8 Å². The number of amides is 2. The summed E-state index contributed by atoms with van der Waals surface area (Å²) in [5, 5.41) is 2.99. The number of carbonyl (C=O) groups is 2. The molecule has 0 spiro atoms. The number of benzene rings is 1. The maximum atomic E-state index is 13.0. The maximum absolute atomic E-state index is 13.0. The zero-order valence-corrected chi connectivity index (χ0v) is 14.9. The molecule has 0 radical (unpaired) electrons. The molecule has 1 saturated carbocycles. The van der Waals surface area contributed by atoms with Gasteiger partial charge in [-0.05, 0) is 44.4 Å². The van der Waals surface area contributed by atoms with Crippen molar-refractivity contribution in [2.24, 2.45) is 5.92 Å². The molecule has 1 aliphatic carbocycles. The van der Waals surface area contributed by atoms with Crippen molar-refractivity contribution >= 4 is 11.8 Å². The Hall–Kier alpha value is -1.95. The van der Waals surface area contributed by atoms with E-state index in [0.29, 0.717) is 13.1 Å². The molecule has 6 heteroatoms. The van der Waals surface area contributed by atoms with Crippen LogP contribution in [0.1, 0.15) is 38.3 Å². The van der Waals surface area contributed by atoms with Gasteiger partial charge in [0.2, 0.25) is 11.8 Å². The van der Waals surface area contributed by atoms with E-state index in [-0.39, 0.29) is 35.6 Å². The Bertz CT molecular complexity index is 622. The lowest BCUT2D eigenvalue weighted by Gasteiger charge is -2.37. The molecular weight excluding hydrogens is 321 g/mol. The van der Waals surface area contributed by atoms with Gasteiger partial charge in [0, 0.05) is 32.1 Å². The molecule has 1 aliphatic heterocycles. The van der Waals surface area contributed by atoms with E-state index in [9.17, 15) is 14.0 Å². The largest absolute Gasteiger partial charge is 0.348 e. The summed E-state index contributed by atoms with van der Waals surface area (Å²) in [4.78, 5) is 28.7. The lowest BCUT2D eigenvalue weighted by atomic mass is 10.1. The molecule has 3 rings (SSSR count). The molecule has 1 saturated heterocycles. The second-order valence-corrected chi connectivity index (χ2v) is 7.09. The van der Waals surface area contributed by atoms with Gasteiger partial charge in [-0.3, -0.25) is 14.5 Å². The van der Waals surface area contributed by atoms with E-state index >= 15 is 0 Å². The first-order valence-corrected chi connectivity index (χ1v) is 9.04. The number of hydrogen-bond donors (Lipinski definition) is 1. The lowest BCUT2D eigenvalue weighted by Crippen LogP contribution is -2.55. The molecule has 2 fully saturated rings. The summed E-state index contributed by atoms with van der Waals surface area (Å²) in [5.74, 6) is 0.207. The average Bonchev–Trinajstić information content (AvgIpc) is 3.46. The third kappa shape index (κ3) is 4.37. The highest BCUT2D eigenvalue weighted by Gasteiger charge is 2.35. The molecule has 0 unspecified atom stereocenters. The predicted octanol–water partition coefficient (Wildman–Crippen LogP) is 1.95. The van der Waals surface area contributed by atoms with Crippen LogP contribution in [-0.2, 0) is 9.59 Å².